The first-order chi connectivity index (χ1) is 20.7. The Labute approximate surface area is 244 Å². The number of hydrogen-bond acceptors (Lipinski definition) is 7. The molecule has 4 aromatic rings. The molecule has 2 aliphatic rings. The van der Waals surface area contributed by atoms with Gasteiger partial charge >= 0.3 is 6.36 Å². The molecule has 0 bridgehead atoms. The number of halogens is 4. The topological polar surface area (TPSA) is 108 Å². The van der Waals surface area contributed by atoms with Gasteiger partial charge in [-0.3, -0.25) is 14.5 Å². The van der Waals surface area contributed by atoms with Gasteiger partial charge in [-0.25, -0.2) is 4.39 Å². The highest BCUT2D eigenvalue weighted by atomic mass is 19.4. The summed E-state index contributed by atoms with van der Waals surface area (Å²) in [6, 6.07) is 8.83. The summed E-state index contributed by atoms with van der Waals surface area (Å²) in [6.07, 6.45) is 5.77. The van der Waals surface area contributed by atoms with Crippen molar-refractivity contribution in [1.29, 1.82) is 0 Å². The van der Waals surface area contributed by atoms with Gasteiger partial charge < -0.3 is 10.1 Å². The second-order valence-electron chi connectivity index (χ2n) is 10.6. The number of hydrogen-bond donors (Lipinski definition) is 1. The van der Waals surface area contributed by atoms with E-state index in [1.807, 2.05) is 24.5 Å². The number of aromatic nitrogens is 6. The Bertz CT molecular complexity index is 1670. The third-order valence-corrected chi connectivity index (χ3v) is 7.44. The number of ether oxygens (including phenoxy) is 1. The zero-order valence-electron chi connectivity index (χ0n) is 22.9. The molecule has 1 aromatic carbocycles. The molecular weight excluding hydrogens is 566 g/mol. The van der Waals surface area contributed by atoms with Gasteiger partial charge in [0.05, 0.1) is 17.6 Å². The lowest BCUT2D eigenvalue weighted by Gasteiger charge is -2.11. The number of allylic oxidation sites excluding steroid dienone is 1. The SMILES string of the molecule is O=C(NCc1cc(OC(F)(F)F)ccc1F)c1cn(CCCCc2cc3c(nn2)CC(C2CC2)=C3c2ccncc2)nn1. The van der Waals surface area contributed by atoms with Crippen LogP contribution >= 0.6 is 0 Å². The molecule has 0 spiro atoms. The number of unbranched alkanes of at least 4 members (excludes halogenated alkanes) is 1. The number of alkyl halides is 3. The lowest BCUT2D eigenvalue weighted by molar-refractivity contribution is -0.274. The van der Waals surface area contributed by atoms with E-state index in [4.69, 9.17) is 0 Å². The summed E-state index contributed by atoms with van der Waals surface area (Å²) < 4.78 is 56.7. The molecule has 0 saturated heterocycles. The largest absolute Gasteiger partial charge is 0.573 e. The van der Waals surface area contributed by atoms with Crippen molar-refractivity contribution in [3.05, 3.63) is 100 Å². The highest BCUT2D eigenvalue weighted by Gasteiger charge is 2.35. The number of benzene rings is 1. The molecule has 1 fully saturated rings. The van der Waals surface area contributed by atoms with E-state index in [9.17, 15) is 22.4 Å². The van der Waals surface area contributed by atoms with Crippen LogP contribution in [-0.2, 0) is 25.9 Å². The molecule has 13 heteroatoms. The van der Waals surface area contributed by atoms with Crippen LogP contribution in [0.1, 0.15) is 64.2 Å². The summed E-state index contributed by atoms with van der Waals surface area (Å²) in [4.78, 5) is 16.6. The first-order valence-electron chi connectivity index (χ1n) is 14.0. The van der Waals surface area contributed by atoms with E-state index in [0.717, 1.165) is 66.4 Å². The van der Waals surface area contributed by atoms with Crippen LogP contribution in [0.3, 0.4) is 0 Å². The number of aryl methyl sites for hydroxylation is 2. The molecule has 1 N–H and O–H groups in total. The molecule has 43 heavy (non-hydrogen) atoms. The minimum atomic E-state index is -4.91. The standard InChI is InChI=1S/C30H27F4N7O2/c31-25-7-6-22(43-30(32,33)34)13-20(25)16-36-29(42)27-17-41(40-39-27)12-2-1-3-21-14-24-26(38-37-21)15-23(18-4-5-18)28(24)19-8-10-35-11-9-19/h6-11,13-14,17-18H,1-5,12,15-16H2,(H,36,42). The molecule has 222 valence electrons. The van der Waals surface area contributed by atoms with Crippen LogP contribution in [0.25, 0.3) is 5.57 Å². The van der Waals surface area contributed by atoms with Crippen molar-refractivity contribution in [2.45, 2.75) is 58.0 Å². The van der Waals surface area contributed by atoms with E-state index in [1.165, 1.54) is 34.9 Å². The fourth-order valence-corrected chi connectivity index (χ4v) is 5.25. The van der Waals surface area contributed by atoms with Crippen LogP contribution in [0.5, 0.6) is 5.75 Å². The number of carbonyl (C=O) groups excluding carboxylic acids is 1. The molecule has 2 aliphatic carbocycles. The van der Waals surface area contributed by atoms with E-state index < -0.39 is 23.8 Å². The Hall–Kier alpha value is -4.68. The van der Waals surface area contributed by atoms with Gasteiger partial charge in [0.1, 0.15) is 11.6 Å². The molecule has 0 atom stereocenters. The molecule has 1 saturated carbocycles. The minimum absolute atomic E-state index is 0.00879. The van der Waals surface area contributed by atoms with E-state index >= 15 is 0 Å². The van der Waals surface area contributed by atoms with Gasteiger partial charge in [-0.05, 0) is 85.6 Å². The minimum Gasteiger partial charge on any atom is -0.406 e. The van der Waals surface area contributed by atoms with Crippen LogP contribution in [0.4, 0.5) is 17.6 Å². The summed E-state index contributed by atoms with van der Waals surface area (Å²) in [6.45, 7) is 0.159. The van der Waals surface area contributed by atoms with Crippen molar-refractivity contribution >= 4 is 11.5 Å². The van der Waals surface area contributed by atoms with Gasteiger partial charge in [0.2, 0.25) is 0 Å². The molecule has 0 radical (unpaired) electrons. The number of rotatable bonds is 11. The second-order valence-corrected chi connectivity index (χ2v) is 10.6. The number of pyridine rings is 1. The maximum atomic E-state index is 14.0. The normalized spacial score (nSPS) is 14.6. The van der Waals surface area contributed by atoms with Gasteiger partial charge in [-0.15, -0.1) is 18.3 Å². The molecule has 1 amide bonds. The fraction of sp³-hybridized carbons (Fsp3) is 0.333. The van der Waals surface area contributed by atoms with Crippen LogP contribution in [0.15, 0.2) is 60.6 Å². The van der Waals surface area contributed by atoms with E-state index in [2.05, 4.69) is 41.6 Å². The summed E-state index contributed by atoms with van der Waals surface area (Å²) >= 11 is 0. The lowest BCUT2D eigenvalue weighted by Crippen LogP contribution is -2.24. The van der Waals surface area contributed by atoms with Crippen molar-refractivity contribution in [2.75, 3.05) is 0 Å². The van der Waals surface area contributed by atoms with Crippen molar-refractivity contribution in [2.24, 2.45) is 5.92 Å². The average molecular weight is 594 g/mol. The highest BCUT2D eigenvalue weighted by Crippen LogP contribution is 2.47. The number of fused-ring (bicyclic) bond motifs is 1. The van der Waals surface area contributed by atoms with Crippen molar-refractivity contribution < 1.29 is 27.1 Å². The van der Waals surface area contributed by atoms with Crippen molar-refractivity contribution in [1.82, 2.24) is 35.5 Å². The zero-order chi connectivity index (χ0) is 30.0. The van der Waals surface area contributed by atoms with Gasteiger partial charge in [0.15, 0.2) is 5.69 Å². The van der Waals surface area contributed by atoms with Crippen LogP contribution < -0.4 is 10.1 Å². The van der Waals surface area contributed by atoms with Crippen molar-refractivity contribution in [3.8, 4) is 5.75 Å². The summed E-state index contributed by atoms with van der Waals surface area (Å²) in [5.74, 6) is -1.37. The van der Waals surface area contributed by atoms with E-state index in [-0.39, 0.29) is 17.8 Å². The molecule has 3 aromatic heterocycles. The average Bonchev–Trinajstić information content (AvgIpc) is 3.60. The monoisotopic (exact) mass is 593 g/mol. The molecule has 6 rings (SSSR count). The summed E-state index contributed by atoms with van der Waals surface area (Å²) in [5.41, 5.74) is 6.83. The second kappa shape index (κ2) is 11.9. The Balaban J connectivity index is 1.01. The Morgan fingerprint density at radius 1 is 1.05 bits per heavy atom. The third kappa shape index (κ3) is 6.87. The predicted molar refractivity (Wildman–Crippen MR) is 146 cm³/mol. The third-order valence-electron chi connectivity index (χ3n) is 7.44. The molecular formula is C30H27F4N7O2. The predicted octanol–water partition coefficient (Wildman–Crippen LogP) is 5.22. The van der Waals surface area contributed by atoms with Crippen LogP contribution in [0.2, 0.25) is 0 Å². The molecule has 0 aliphatic heterocycles. The maximum Gasteiger partial charge on any atom is 0.573 e. The first kappa shape index (κ1) is 28.4. The number of amides is 1. The van der Waals surface area contributed by atoms with Crippen LogP contribution in [0, 0.1) is 11.7 Å². The van der Waals surface area contributed by atoms with Gasteiger partial charge in [0, 0.05) is 43.0 Å². The highest BCUT2D eigenvalue weighted by molar-refractivity contribution is 5.91. The smallest absolute Gasteiger partial charge is 0.406 e. The number of carbonyl (C=O) groups is 1. The van der Waals surface area contributed by atoms with E-state index in [0.29, 0.717) is 12.5 Å². The summed E-state index contributed by atoms with van der Waals surface area (Å²) in [7, 11) is 0. The Morgan fingerprint density at radius 2 is 1.86 bits per heavy atom. The zero-order valence-corrected chi connectivity index (χ0v) is 22.9. The Morgan fingerprint density at radius 3 is 2.63 bits per heavy atom. The first-order valence-corrected chi connectivity index (χ1v) is 14.0. The molecule has 0 unspecified atom stereocenters. The summed E-state index contributed by atoms with van der Waals surface area (Å²) in [5, 5.41) is 19.3. The van der Waals surface area contributed by atoms with Crippen molar-refractivity contribution in [3.63, 3.8) is 0 Å². The maximum absolute atomic E-state index is 14.0. The van der Waals surface area contributed by atoms with E-state index in [1.54, 1.807) is 0 Å². The number of nitrogens with one attached hydrogen (secondary N) is 1. The molecule has 9 nitrogen and oxygen atoms in total. The molecule has 3 heterocycles. The Kier molecular flexibility index (Phi) is 7.87. The van der Waals surface area contributed by atoms with Gasteiger partial charge in [-0.1, -0.05) is 10.8 Å². The fourth-order valence-electron chi connectivity index (χ4n) is 5.25. The van der Waals surface area contributed by atoms with Gasteiger partial charge in [0.25, 0.3) is 5.91 Å². The number of nitrogens with zero attached hydrogens (tertiary/aromatic N) is 6. The quantitative estimate of drug-likeness (QED) is 0.188. The van der Waals surface area contributed by atoms with Gasteiger partial charge in [-0.2, -0.15) is 10.2 Å². The van der Waals surface area contributed by atoms with Crippen LogP contribution in [-0.4, -0.2) is 42.4 Å². The lowest BCUT2D eigenvalue weighted by atomic mass is 9.96.